The van der Waals surface area contributed by atoms with E-state index in [0.717, 1.165) is 5.56 Å². The molecule has 0 fully saturated rings. The molecule has 0 amide bonds. The Balaban J connectivity index is 3.24. The molecule has 0 heterocycles. The number of rotatable bonds is 2. The lowest BCUT2D eigenvalue weighted by Crippen LogP contribution is -2.02. The standard InChI is InChI=1S/C9H7BrCl2O2/c1-14-9(13)6-3-2-5(4-10)7(11)8(6)12/h2-3H,4H2,1H3. The first kappa shape index (κ1) is 11.8. The Morgan fingerprint density at radius 1 is 1.43 bits per heavy atom. The van der Waals surface area contributed by atoms with Crippen LogP contribution in [0.25, 0.3) is 0 Å². The SMILES string of the molecule is COC(=O)c1ccc(CBr)c(Cl)c1Cl. The molecule has 1 rings (SSSR count). The van der Waals surface area contributed by atoms with E-state index in [1.54, 1.807) is 12.1 Å². The number of benzene rings is 1. The fourth-order valence-corrected chi connectivity index (χ4v) is 2.08. The third kappa shape index (κ3) is 2.22. The summed E-state index contributed by atoms with van der Waals surface area (Å²) in [7, 11) is 1.30. The zero-order valence-corrected chi connectivity index (χ0v) is 10.4. The minimum atomic E-state index is -0.488. The highest BCUT2D eigenvalue weighted by atomic mass is 79.9. The van der Waals surface area contributed by atoms with Gasteiger partial charge in [-0.2, -0.15) is 0 Å². The summed E-state index contributed by atoms with van der Waals surface area (Å²) >= 11 is 15.1. The molecular weight excluding hydrogens is 291 g/mol. The molecule has 0 bridgehead atoms. The van der Waals surface area contributed by atoms with Crippen molar-refractivity contribution in [2.75, 3.05) is 7.11 Å². The average molecular weight is 298 g/mol. The molecule has 0 saturated carbocycles. The Kier molecular flexibility index (Phi) is 4.23. The van der Waals surface area contributed by atoms with Crippen molar-refractivity contribution < 1.29 is 9.53 Å². The van der Waals surface area contributed by atoms with E-state index in [0.29, 0.717) is 10.4 Å². The topological polar surface area (TPSA) is 26.3 Å². The monoisotopic (exact) mass is 296 g/mol. The third-order valence-electron chi connectivity index (χ3n) is 1.71. The van der Waals surface area contributed by atoms with Gasteiger partial charge in [0.15, 0.2) is 0 Å². The zero-order valence-electron chi connectivity index (χ0n) is 7.31. The van der Waals surface area contributed by atoms with E-state index in [2.05, 4.69) is 20.7 Å². The van der Waals surface area contributed by atoms with Gasteiger partial charge in [-0.05, 0) is 11.6 Å². The second-order valence-electron chi connectivity index (χ2n) is 2.53. The van der Waals surface area contributed by atoms with Crippen LogP contribution in [-0.2, 0) is 10.1 Å². The highest BCUT2D eigenvalue weighted by Gasteiger charge is 2.15. The lowest BCUT2D eigenvalue weighted by Gasteiger charge is -2.06. The minimum absolute atomic E-state index is 0.232. The van der Waals surface area contributed by atoms with Gasteiger partial charge in [0.2, 0.25) is 0 Å². The molecule has 76 valence electrons. The molecule has 0 unspecified atom stereocenters. The van der Waals surface area contributed by atoms with Crippen LogP contribution in [0.5, 0.6) is 0 Å². The van der Waals surface area contributed by atoms with Crippen molar-refractivity contribution in [3.63, 3.8) is 0 Å². The molecule has 0 radical (unpaired) electrons. The molecule has 14 heavy (non-hydrogen) atoms. The summed E-state index contributed by atoms with van der Waals surface area (Å²) in [5.41, 5.74) is 1.12. The maximum atomic E-state index is 11.2. The number of methoxy groups -OCH3 is 1. The molecule has 0 aliphatic rings. The lowest BCUT2D eigenvalue weighted by molar-refractivity contribution is 0.0601. The first-order valence-electron chi connectivity index (χ1n) is 3.73. The summed E-state index contributed by atoms with van der Waals surface area (Å²) in [6, 6.07) is 3.33. The van der Waals surface area contributed by atoms with Crippen molar-refractivity contribution in [2.45, 2.75) is 5.33 Å². The van der Waals surface area contributed by atoms with Crippen LogP contribution < -0.4 is 0 Å². The molecule has 0 atom stereocenters. The normalized spacial score (nSPS) is 10.0. The van der Waals surface area contributed by atoms with Crippen molar-refractivity contribution in [1.82, 2.24) is 0 Å². The summed E-state index contributed by atoms with van der Waals surface area (Å²) in [5.74, 6) is -0.488. The zero-order chi connectivity index (χ0) is 10.7. The van der Waals surface area contributed by atoms with E-state index in [1.807, 2.05) is 0 Å². The van der Waals surface area contributed by atoms with Crippen molar-refractivity contribution in [3.8, 4) is 0 Å². The molecular formula is C9H7BrCl2O2. The largest absolute Gasteiger partial charge is 0.465 e. The van der Waals surface area contributed by atoms with Gasteiger partial charge in [-0.1, -0.05) is 45.2 Å². The van der Waals surface area contributed by atoms with E-state index >= 15 is 0 Å². The van der Waals surface area contributed by atoms with E-state index < -0.39 is 5.97 Å². The van der Waals surface area contributed by atoms with Crippen LogP contribution in [0.2, 0.25) is 10.0 Å². The highest BCUT2D eigenvalue weighted by molar-refractivity contribution is 9.08. The van der Waals surface area contributed by atoms with Crippen LogP contribution in [-0.4, -0.2) is 13.1 Å². The number of halogens is 3. The van der Waals surface area contributed by atoms with Crippen LogP contribution in [0.3, 0.4) is 0 Å². The maximum Gasteiger partial charge on any atom is 0.339 e. The van der Waals surface area contributed by atoms with Gasteiger partial charge in [0.25, 0.3) is 0 Å². The third-order valence-corrected chi connectivity index (χ3v) is 3.24. The van der Waals surface area contributed by atoms with E-state index in [9.17, 15) is 4.79 Å². The first-order valence-corrected chi connectivity index (χ1v) is 5.60. The quantitative estimate of drug-likeness (QED) is 0.615. The molecule has 0 N–H and O–H groups in total. The van der Waals surface area contributed by atoms with Gasteiger partial charge in [0.1, 0.15) is 0 Å². The van der Waals surface area contributed by atoms with Crippen molar-refractivity contribution in [2.24, 2.45) is 0 Å². The number of esters is 1. The average Bonchev–Trinajstić information content (AvgIpc) is 2.21. The predicted molar refractivity (Wildman–Crippen MR) is 60.4 cm³/mol. The number of alkyl halides is 1. The second kappa shape index (κ2) is 5.01. The molecule has 5 heteroatoms. The van der Waals surface area contributed by atoms with E-state index in [1.165, 1.54) is 7.11 Å². The summed E-state index contributed by atoms with van der Waals surface area (Å²) < 4.78 is 4.55. The summed E-state index contributed by atoms with van der Waals surface area (Å²) in [6.07, 6.45) is 0. The van der Waals surface area contributed by atoms with Crippen molar-refractivity contribution >= 4 is 45.1 Å². The number of ether oxygens (including phenoxy) is 1. The van der Waals surface area contributed by atoms with Gasteiger partial charge in [0.05, 0.1) is 22.7 Å². The summed E-state index contributed by atoms with van der Waals surface area (Å²) in [6.45, 7) is 0. The van der Waals surface area contributed by atoms with Gasteiger partial charge in [0, 0.05) is 5.33 Å². The number of carbonyl (C=O) groups excluding carboxylic acids is 1. The van der Waals surface area contributed by atoms with Crippen molar-refractivity contribution in [3.05, 3.63) is 33.3 Å². The van der Waals surface area contributed by atoms with Gasteiger partial charge in [-0.15, -0.1) is 0 Å². The molecule has 0 aliphatic carbocycles. The minimum Gasteiger partial charge on any atom is -0.465 e. The van der Waals surface area contributed by atoms with Crippen LogP contribution in [0, 0.1) is 0 Å². The van der Waals surface area contributed by atoms with Crippen LogP contribution >= 0.6 is 39.1 Å². The molecule has 0 aromatic heterocycles. The Bertz CT molecular complexity index is 366. The van der Waals surface area contributed by atoms with Crippen LogP contribution in [0.1, 0.15) is 15.9 Å². The van der Waals surface area contributed by atoms with Crippen LogP contribution in [0.4, 0.5) is 0 Å². The van der Waals surface area contributed by atoms with Gasteiger partial charge in [-0.3, -0.25) is 0 Å². The Morgan fingerprint density at radius 3 is 2.57 bits per heavy atom. The Morgan fingerprint density at radius 2 is 2.07 bits per heavy atom. The summed E-state index contributed by atoms with van der Waals surface area (Å²) in [4.78, 5) is 11.2. The molecule has 0 aliphatic heterocycles. The Hall–Kier alpha value is -0.250. The fraction of sp³-hybridized carbons (Fsp3) is 0.222. The highest BCUT2D eigenvalue weighted by Crippen LogP contribution is 2.31. The van der Waals surface area contributed by atoms with E-state index in [-0.39, 0.29) is 10.6 Å². The lowest BCUT2D eigenvalue weighted by atomic mass is 10.1. The first-order chi connectivity index (χ1) is 6.61. The summed E-state index contributed by atoms with van der Waals surface area (Å²) in [5, 5.41) is 1.20. The molecule has 1 aromatic carbocycles. The number of carbonyl (C=O) groups is 1. The smallest absolute Gasteiger partial charge is 0.339 e. The molecule has 0 saturated heterocycles. The van der Waals surface area contributed by atoms with Gasteiger partial charge >= 0.3 is 5.97 Å². The Labute approximate surface area is 100 Å². The molecule has 0 spiro atoms. The van der Waals surface area contributed by atoms with Gasteiger partial charge < -0.3 is 4.74 Å². The molecule has 1 aromatic rings. The predicted octanol–water partition coefficient (Wildman–Crippen LogP) is 3.67. The number of hydrogen-bond donors (Lipinski definition) is 0. The maximum absolute atomic E-state index is 11.2. The van der Waals surface area contributed by atoms with E-state index in [4.69, 9.17) is 23.2 Å². The fourth-order valence-electron chi connectivity index (χ4n) is 0.960. The van der Waals surface area contributed by atoms with Crippen molar-refractivity contribution in [1.29, 1.82) is 0 Å². The number of hydrogen-bond acceptors (Lipinski definition) is 2. The van der Waals surface area contributed by atoms with Gasteiger partial charge in [-0.25, -0.2) is 4.79 Å². The second-order valence-corrected chi connectivity index (χ2v) is 3.84. The van der Waals surface area contributed by atoms with Crippen LogP contribution in [0.15, 0.2) is 12.1 Å². The molecule has 2 nitrogen and oxygen atoms in total.